The van der Waals surface area contributed by atoms with E-state index in [2.05, 4.69) is 6.92 Å². The van der Waals surface area contributed by atoms with Gasteiger partial charge in [-0.05, 0) is 12.8 Å². The topological polar surface area (TPSA) is 116 Å². The number of aliphatic hydroxyl groups excluding tert-OH is 4. The zero-order valence-electron chi connectivity index (χ0n) is 17.7. The van der Waals surface area contributed by atoms with Gasteiger partial charge >= 0.3 is 5.97 Å². The Bertz CT molecular complexity index is 454. The second kappa shape index (κ2) is 15.8. The molecule has 170 valence electrons. The first-order valence-electron chi connectivity index (χ1n) is 11.2. The summed E-state index contributed by atoms with van der Waals surface area (Å²) in [5, 5.41) is 38.2. The molecule has 4 N–H and O–H groups in total. The lowest BCUT2D eigenvalue weighted by atomic mass is 9.99. The largest absolute Gasteiger partial charge is 0.460 e. The van der Waals surface area contributed by atoms with Gasteiger partial charge in [-0.3, -0.25) is 0 Å². The predicted molar refractivity (Wildman–Crippen MR) is 110 cm³/mol. The van der Waals surface area contributed by atoms with Crippen LogP contribution in [0.1, 0.15) is 84.0 Å². The maximum Gasteiger partial charge on any atom is 0.330 e. The second-order valence-corrected chi connectivity index (χ2v) is 7.89. The number of rotatable bonds is 15. The van der Waals surface area contributed by atoms with Gasteiger partial charge in [0.25, 0.3) is 0 Å². The Hall–Kier alpha value is -0.990. The average Bonchev–Trinajstić information content (AvgIpc) is 2.71. The maximum atomic E-state index is 11.7. The van der Waals surface area contributed by atoms with E-state index in [1.165, 1.54) is 63.9 Å². The number of ether oxygens (including phenoxy) is 2. The van der Waals surface area contributed by atoms with Crippen LogP contribution in [-0.2, 0) is 14.3 Å². The summed E-state index contributed by atoms with van der Waals surface area (Å²) in [5.41, 5.74) is 0. The molecule has 0 radical (unpaired) electrons. The lowest BCUT2D eigenvalue weighted by molar-refractivity contribution is -0.287. The summed E-state index contributed by atoms with van der Waals surface area (Å²) in [6.07, 6.45) is 10.6. The SMILES string of the molecule is CCCCCCCCCCCCC/C=C/C(=O)OC[C@H]1OC(O)[C@H](O)[C@@H](O)[C@@H]1O. The molecule has 0 aromatic heterocycles. The third kappa shape index (κ3) is 11.1. The van der Waals surface area contributed by atoms with Gasteiger partial charge in [-0.15, -0.1) is 0 Å². The molecule has 0 bridgehead atoms. The molecule has 1 unspecified atom stereocenters. The number of hydrogen-bond donors (Lipinski definition) is 4. The third-order valence-electron chi connectivity index (χ3n) is 5.31. The molecule has 5 atom stereocenters. The predicted octanol–water partition coefficient (Wildman–Crippen LogP) is 2.59. The van der Waals surface area contributed by atoms with E-state index in [1.807, 2.05) is 0 Å². The summed E-state index contributed by atoms with van der Waals surface area (Å²) in [5.74, 6) is -0.570. The molecule has 7 heteroatoms. The highest BCUT2D eigenvalue weighted by atomic mass is 16.6. The Labute approximate surface area is 174 Å². The molecule has 0 aromatic rings. The normalized spacial score (nSPS) is 27.4. The molecule has 0 saturated carbocycles. The third-order valence-corrected chi connectivity index (χ3v) is 5.31. The van der Waals surface area contributed by atoms with Crippen molar-refractivity contribution in [3.05, 3.63) is 12.2 Å². The number of hydrogen-bond acceptors (Lipinski definition) is 7. The quantitative estimate of drug-likeness (QED) is 0.184. The van der Waals surface area contributed by atoms with Crippen molar-refractivity contribution in [2.45, 2.75) is 115 Å². The standard InChI is InChI=1S/C22H40O7/c1-2-3-4-5-6-7-8-9-10-11-12-13-14-15-18(23)28-16-17-19(24)20(25)21(26)22(27)29-17/h14-15,17,19-22,24-27H,2-13,16H2,1H3/b15-14+/t17-,19-,20+,21-,22?/m1/s1. The molecular weight excluding hydrogens is 376 g/mol. The van der Waals surface area contributed by atoms with Crippen molar-refractivity contribution < 1.29 is 34.7 Å². The molecule has 1 heterocycles. The molecule has 1 fully saturated rings. The minimum Gasteiger partial charge on any atom is -0.460 e. The van der Waals surface area contributed by atoms with Crippen molar-refractivity contribution >= 4 is 5.97 Å². The van der Waals surface area contributed by atoms with Gasteiger partial charge < -0.3 is 29.9 Å². The Balaban J connectivity index is 2.00. The Morgan fingerprint density at radius 3 is 1.97 bits per heavy atom. The van der Waals surface area contributed by atoms with E-state index < -0.39 is 36.7 Å². The van der Waals surface area contributed by atoms with Crippen molar-refractivity contribution in [3.63, 3.8) is 0 Å². The summed E-state index contributed by atoms with van der Waals surface area (Å²) in [6, 6.07) is 0. The van der Waals surface area contributed by atoms with Crippen LogP contribution < -0.4 is 0 Å². The van der Waals surface area contributed by atoms with Gasteiger partial charge in [-0.1, -0.05) is 77.2 Å². The van der Waals surface area contributed by atoms with Gasteiger partial charge in [-0.25, -0.2) is 4.79 Å². The minimum absolute atomic E-state index is 0.316. The van der Waals surface area contributed by atoms with E-state index in [4.69, 9.17) is 9.47 Å². The first-order valence-corrected chi connectivity index (χ1v) is 11.2. The van der Waals surface area contributed by atoms with Crippen LogP contribution in [0.4, 0.5) is 0 Å². The summed E-state index contributed by atoms with van der Waals surface area (Å²) in [4.78, 5) is 11.7. The Morgan fingerprint density at radius 1 is 0.828 bits per heavy atom. The molecule has 0 amide bonds. The highest BCUT2D eigenvalue weighted by Crippen LogP contribution is 2.20. The monoisotopic (exact) mass is 416 g/mol. The lowest BCUT2D eigenvalue weighted by Crippen LogP contribution is -2.58. The van der Waals surface area contributed by atoms with Gasteiger partial charge in [0.05, 0.1) is 0 Å². The van der Waals surface area contributed by atoms with Gasteiger partial charge in [0.2, 0.25) is 0 Å². The number of esters is 1. The number of carbonyl (C=O) groups is 1. The first-order chi connectivity index (χ1) is 14.0. The highest BCUT2D eigenvalue weighted by molar-refractivity contribution is 5.81. The summed E-state index contributed by atoms with van der Waals surface area (Å²) in [6.45, 7) is 1.92. The Kier molecular flexibility index (Phi) is 14.2. The van der Waals surface area contributed by atoms with Crippen molar-refractivity contribution in [1.82, 2.24) is 0 Å². The van der Waals surface area contributed by atoms with E-state index in [1.54, 1.807) is 6.08 Å². The van der Waals surface area contributed by atoms with Crippen molar-refractivity contribution in [2.24, 2.45) is 0 Å². The number of aliphatic hydroxyl groups is 4. The van der Waals surface area contributed by atoms with Crippen LogP contribution in [0.3, 0.4) is 0 Å². The molecule has 1 saturated heterocycles. The van der Waals surface area contributed by atoms with Crippen molar-refractivity contribution in [3.8, 4) is 0 Å². The van der Waals surface area contributed by atoms with Crippen LogP contribution in [0.25, 0.3) is 0 Å². The fourth-order valence-electron chi connectivity index (χ4n) is 3.39. The molecule has 1 aliphatic heterocycles. The van der Waals surface area contributed by atoms with E-state index in [0.29, 0.717) is 0 Å². The van der Waals surface area contributed by atoms with Crippen LogP contribution >= 0.6 is 0 Å². The zero-order valence-corrected chi connectivity index (χ0v) is 17.7. The summed E-state index contributed by atoms with van der Waals surface area (Å²) in [7, 11) is 0. The molecular formula is C22H40O7. The van der Waals surface area contributed by atoms with E-state index in [9.17, 15) is 25.2 Å². The van der Waals surface area contributed by atoms with E-state index in [-0.39, 0.29) is 6.61 Å². The number of unbranched alkanes of at least 4 members (excludes halogenated alkanes) is 11. The molecule has 7 nitrogen and oxygen atoms in total. The van der Waals surface area contributed by atoms with Gasteiger partial charge in [0.15, 0.2) is 6.29 Å². The average molecular weight is 417 g/mol. The summed E-state index contributed by atoms with van der Waals surface area (Å²) < 4.78 is 9.92. The molecule has 29 heavy (non-hydrogen) atoms. The van der Waals surface area contributed by atoms with Crippen molar-refractivity contribution in [1.29, 1.82) is 0 Å². The lowest BCUT2D eigenvalue weighted by Gasteiger charge is -2.37. The fraction of sp³-hybridized carbons (Fsp3) is 0.864. The van der Waals surface area contributed by atoms with Crippen LogP contribution in [0.2, 0.25) is 0 Å². The zero-order chi connectivity index (χ0) is 21.5. The van der Waals surface area contributed by atoms with E-state index in [0.717, 1.165) is 19.3 Å². The summed E-state index contributed by atoms with van der Waals surface area (Å²) >= 11 is 0. The molecule has 0 aromatic carbocycles. The molecule has 0 spiro atoms. The van der Waals surface area contributed by atoms with Gasteiger partial charge in [0, 0.05) is 6.08 Å². The van der Waals surface area contributed by atoms with Crippen LogP contribution in [0.15, 0.2) is 12.2 Å². The fourth-order valence-corrected chi connectivity index (χ4v) is 3.39. The second-order valence-electron chi connectivity index (χ2n) is 7.89. The Morgan fingerprint density at radius 2 is 1.38 bits per heavy atom. The van der Waals surface area contributed by atoms with Gasteiger partial charge in [-0.2, -0.15) is 0 Å². The molecule has 1 aliphatic rings. The first kappa shape index (κ1) is 26.0. The minimum atomic E-state index is -1.63. The van der Waals surface area contributed by atoms with Crippen LogP contribution in [-0.4, -0.2) is 63.7 Å². The van der Waals surface area contributed by atoms with Crippen LogP contribution in [0, 0.1) is 0 Å². The van der Waals surface area contributed by atoms with Gasteiger partial charge in [0.1, 0.15) is 31.0 Å². The maximum absolute atomic E-state index is 11.7. The van der Waals surface area contributed by atoms with Crippen molar-refractivity contribution in [2.75, 3.05) is 6.61 Å². The number of carbonyl (C=O) groups excluding carboxylic acids is 1. The number of allylic oxidation sites excluding steroid dienone is 1. The van der Waals surface area contributed by atoms with Crippen LogP contribution in [0.5, 0.6) is 0 Å². The van der Waals surface area contributed by atoms with E-state index >= 15 is 0 Å². The molecule has 1 rings (SSSR count). The molecule has 0 aliphatic carbocycles. The highest BCUT2D eigenvalue weighted by Gasteiger charge is 2.43. The smallest absolute Gasteiger partial charge is 0.330 e.